The maximum Gasteiger partial charge on any atom is 0.337 e. The first-order valence-corrected chi connectivity index (χ1v) is 7.76. The summed E-state index contributed by atoms with van der Waals surface area (Å²) >= 11 is 6.02. The first-order valence-electron chi connectivity index (χ1n) is 7.38. The number of aromatic nitrogens is 1. The van der Waals surface area contributed by atoms with Gasteiger partial charge in [0.15, 0.2) is 0 Å². The third kappa shape index (κ3) is 3.69. The van der Waals surface area contributed by atoms with Gasteiger partial charge in [-0.1, -0.05) is 35.9 Å². The molecule has 3 nitrogen and oxygen atoms in total. The minimum absolute atomic E-state index is 0.315. The number of pyridine rings is 1. The van der Waals surface area contributed by atoms with Gasteiger partial charge in [-0.2, -0.15) is 0 Å². The van der Waals surface area contributed by atoms with Gasteiger partial charge in [0.2, 0.25) is 0 Å². The van der Waals surface area contributed by atoms with Crippen molar-refractivity contribution in [2.45, 2.75) is 12.8 Å². The van der Waals surface area contributed by atoms with E-state index in [4.69, 9.17) is 16.3 Å². The molecular formula is C19H16ClNO2. The number of benzene rings is 2. The molecular weight excluding hydrogens is 310 g/mol. The summed E-state index contributed by atoms with van der Waals surface area (Å²) in [6, 6.07) is 17.3. The highest BCUT2D eigenvalue weighted by molar-refractivity contribution is 6.31. The lowest BCUT2D eigenvalue weighted by molar-refractivity contribution is 0.0600. The van der Waals surface area contributed by atoms with Crippen molar-refractivity contribution in [3.8, 4) is 0 Å². The third-order valence-electron chi connectivity index (χ3n) is 3.73. The molecule has 0 radical (unpaired) electrons. The molecule has 116 valence electrons. The fourth-order valence-corrected chi connectivity index (χ4v) is 2.68. The van der Waals surface area contributed by atoms with Gasteiger partial charge < -0.3 is 4.74 Å². The molecule has 0 spiro atoms. The molecule has 4 heteroatoms. The molecule has 3 aromatic rings. The zero-order chi connectivity index (χ0) is 16.2. The van der Waals surface area contributed by atoms with Crippen LogP contribution in [0.4, 0.5) is 0 Å². The van der Waals surface area contributed by atoms with Gasteiger partial charge >= 0.3 is 5.97 Å². The number of fused-ring (bicyclic) bond motifs is 1. The van der Waals surface area contributed by atoms with Crippen LogP contribution >= 0.6 is 11.6 Å². The van der Waals surface area contributed by atoms with Crippen LogP contribution in [0.5, 0.6) is 0 Å². The van der Waals surface area contributed by atoms with Crippen LogP contribution < -0.4 is 0 Å². The maximum absolute atomic E-state index is 11.6. The largest absolute Gasteiger partial charge is 0.465 e. The van der Waals surface area contributed by atoms with Crippen molar-refractivity contribution in [2.24, 2.45) is 0 Å². The number of hydrogen-bond acceptors (Lipinski definition) is 3. The predicted molar refractivity (Wildman–Crippen MR) is 91.9 cm³/mol. The first-order chi connectivity index (χ1) is 11.2. The number of nitrogens with zero attached hydrogens (tertiary/aromatic N) is 1. The lowest BCUT2D eigenvalue weighted by Gasteiger charge is -2.06. The summed E-state index contributed by atoms with van der Waals surface area (Å²) in [5, 5.41) is 1.76. The molecule has 1 aromatic heterocycles. The Hall–Kier alpha value is -2.39. The lowest BCUT2D eigenvalue weighted by atomic mass is 10.0. The van der Waals surface area contributed by atoms with E-state index in [2.05, 4.69) is 11.1 Å². The van der Waals surface area contributed by atoms with Gasteiger partial charge in [0.05, 0.1) is 18.2 Å². The van der Waals surface area contributed by atoms with Crippen molar-refractivity contribution in [3.63, 3.8) is 0 Å². The second kappa shape index (κ2) is 6.80. The number of aryl methyl sites for hydroxylation is 2. The number of ether oxygens (including phenoxy) is 1. The van der Waals surface area contributed by atoms with Crippen molar-refractivity contribution < 1.29 is 9.53 Å². The molecule has 0 atom stereocenters. The number of carbonyl (C=O) groups is 1. The van der Waals surface area contributed by atoms with Crippen molar-refractivity contribution in [3.05, 3.63) is 76.4 Å². The van der Waals surface area contributed by atoms with E-state index in [1.807, 2.05) is 42.5 Å². The first kappa shape index (κ1) is 15.5. The highest BCUT2D eigenvalue weighted by atomic mass is 35.5. The minimum Gasteiger partial charge on any atom is -0.465 e. The van der Waals surface area contributed by atoms with Crippen molar-refractivity contribution >= 4 is 28.5 Å². The van der Waals surface area contributed by atoms with Crippen molar-refractivity contribution in [1.82, 2.24) is 4.98 Å². The Morgan fingerprint density at radius 1 is 1.09 bits per heavy atom. The Morgan fingerprint density at radius 3 is 2.74 bits per heavy atom. The SMILES string of the molecule is COC(=O)c1cccc(CCc2ccc3ccc(Cl)cc3n2)c1. The summed E-state index contributed by atoms with van der Waals surface area (Å²) < 4.78 is 4.75. The zero-order valence-electron chi connectivity index (χ0n) is 12.8. The molecule has 0 saturated carbocycles. The standard InChI is InChI=1S/C19H16ClNO2/c1-23-19(22)15-4-2-3-13(11-15)5-9-17-10-7-14-6-8-16(20)12-18(14)21-17/h2-4,6-8,10-12H,5,9H2,1H3. The fourth-order valence-electron chi connectivity index (χ4n) is 2.52. The van der Waals surface area contributed by atoms with Crippen LogP contribution in [0.2, 0.25) is 5.02 Å². The summed E-state index contributed by atoms with van der Waals surface area (Å²) in [4.78, 5) is 16.2. The average molecular weight is 326 g/mol. The van der Waals surface area contributed by atoms with Gasteiger partial charge in [-0.25, -0.2) is 4.79 Å². The molecule has 0 aliphatic carbocycles. The van der Waals surface area contributed by atoms with E-state index < -0.39 is 0 Å². The monoisotopic (exact) mass is 325 g/mol. The van der Waals surface area contributed by atoms with Crippen molar-refractivity contribution in [2.75, 3.05) is 7.11 Å². The van der Waals surface area contributed by atoms with Gasteiger partial charge in [0, 0.05) is 16.1 Å². The Labute approximate surface area is 139 Å². The molecule has 0 aliphatic rings. The molecule has 0 N–H and O–H groups in total. The zero-order valence-corrected chi connectivity index (χ0v) is 13.5. The number of carbonyl (C=O) groups excluding carboxylic acids is 1. The lowest BCUT2D eigenvalue weighted by Crippen LogP contribution is -2.02. The second-order valence-electron chi connectivity index (χ2n) is 5.33. The third-order valence-corrected chi connectivity index (χ3v) is 3.96. The second-order valence-corrected chi connectivity index (χ2v) is 5.77. The van der Waals surface area contributed by atoms with Gasteiger partial charge in [-0.3, -0.25) is 4.98 Å². The highest BCUT2D eigenvalue weighted by Crippen LogP contribution is 2.19. The van der Waals surface area contributed by atoms with Crippen LogP contribution in [0.1, 0.15) is 21.6 Å². The minimum atomic E-state index is -0.315. The van der Waals surface area contributed by atoms with Crippen LogP contribution in [0.15, 0.2) is 54.6 Å². The predicted octanol–water partition coefficient (Wildman–Crippen LogP) is 4.46. The van der Waals surface area contributed by atoms with Crippen LogP contribution in [-0.4, -0.2) is 18.1 Å². The van der Waals surface area contributed by atoms with Crippen LogP contribution in [0.25, 0.3) is 10.9 Å². The van der Waals surface area contributed by atoms with Gasteiger partial charge in [0.25, 0.3) is 0 Å². The molecule has 0 amide bonds. The summed E-state index contributed by atoms with van der Waals surface area (Å²) in [6.45, 7) is 0. The van der Waals surface area contributed by atoms with Crippen LogP contribution in [0.3, 0.4) is 0 Å². The molecule has 1 heterocycles. The molecule has 0 bridgehead atoms. The topological polar surface area (TPSA) is 39.2 Å². The van der Waals surface area contributed by atoms with Gasteiger partial charge in [0.1, 0.15) is 0 Å². The summed E-state index contributed by atoms with van der Waals surface area (Å²) in [5.41, 5.74) is 3.56. The highest BCUT2D eigenvalue weighted by Gasteiger charge is 2.06. The van der Waals surface area contributed by atoms with Crippen LogP contribution in [-0.2, 0) is 17.6 Å². The van der Waals surface area contributed by atoms with E-state index >= 15 is 0 Å². The smallest absolute Gasteiger partial charge is 0.337 e. The fraction of sp³-hybridized carbons (Fsp3) is 0.158. The normalized spacial score (nSPS) is 10.7. The summed E-state index contributed by atoms with van der Waals surface area (Å²) in [5.74, 6) is -0.315. The van der Waals surface area contributed by atoms with Gasteiger partial charge in [-0.15, -0.1) is 0 Å². The Morgan fingerprint density at radius 2 is 1.91 bits per heavy atom. The molecule has 3 rings (SSSR count). The molecule has 0 fully saturated rings. The Kier molecular flexibility index (Phi) is 4.58. The van der Waals surface area contributed by atoms with E-state index in [0.29, 0.717) is 10.6 Å². The Bertz CT molecular complexity index is 861. The van der Waals surface area contributed by atoms with E-state index in [9.17, 15) is 4.79 Å². The van der Waals surface area contributed by atoms with E-state index in [1.165, 1.54) is 7.11 Å². The van der Waals surface area contributed by atoms with Crippen LogP contribution in [0, 0.1) is 0 Å². The molecule has 0 saturated heterocycles. The molecule has 0 aliphatic heterocycles. The Balaban J connectivity index is 1.76. The summed E-state index contributed by atoms with van der Waals surface area (Å²) in [7, 11) is 1.39. The number of esters is 1. The van der Waals surface area contributed by atoms with Gasteiger partial charge in [-0.05, 0) is 48.7 Å². The number of hydrogen-bond donors (Lipinski definition) is 0. The number of methoxy groups -OCH3 is 1. The average Bonchev–Trinajstić information content (AvgIpc) is 2.59. The maximum atomic E-state index is 11.6. The number of halogens is 1. The van der Waals surface area contributed by atoms with Crippen molar-refractivity contribution in [1.29, 1.82) is 0 Å². The summed E-state index contributed by atoms with van der Waals surface area (Å²) in [6.07, 6.45) is 1.61. The van der Waals surface area contributed by atoms with E-state index in [-0.39, 0.29) is 5.97 Å². The number of rotatable bonds is 4. The molecule has 0 unspecified atom stereocenters. The van der Waals surface area contributed by atoms with E-state index in [1.54, 1.807) is 6.07 Å². The molecule has 23 heavy (non-hydrogen) atoms. The quantitative estimate of drug-likeness (QED) is 0.665. The van der Waals surface area contributed by atoms with E-state index in [0.717, 1.165) is 35.0 Å². The molecule has 2 aromatic carbocycles.